The molecule has 2 heteroatoms. The van der Waals surface area contributed by atoms with Gasteiger partial charge in [-0.1, -0.05) is 0 Å². The Balaban J connectivity index is 2.80. The minimum absolute atomic E-state index is 0.573. The van der Waals surface area contributed by atoms with Crippen molar-refractivity contribution >= 4 is 11.6 Å². The maximum absolute atomic E-state index is 5.59. The van der Waals surface area contributed by atoms with Crippen molar-refractivity contribution in [3.8, 4) is 5.75 Å². The van der Waals surface area contributed by atoms with Crippen LogP contribution in [0, 0.1) is 0 Å². The topological polar surface area (TPSA) is 12.8 Å². The lowest BCUT2D eigenvalue weighted by atomic mass is 10.2. The fraction of sp³-hybridized carbons (Fsp3) is 0.250. The van der Waals surface area contributed by atoms with Crippen LogP contribution in [0.2, 0.25) is 0 Å². The molecule has 0 heterocycles. The van der Waals surface area contributed by atoms with E-state index in [0.29, 0.717) is 5.88 Å². The highest BCUT2D eigenvalue weighted by Crippen LogP contribution is 2.12. The maximum atomic E-state index is 5.59. The van der Waals surface area contributed by atoms with Crippen LogP contribution in [-0.4, -0.2) is 11.8 Å². The summed E-state index contributed by atoms with van der Waals surface area (Å²) in [4.78, 5) is 0. The molecule has 0 amide bonds. The van der Waals surface area contributed by atoms with Crippen LogP contribution in [0.25, 0.3) is 0 Å². The molecule has 0 atom stereocenters. The van der Waals surface area contributed by atoms with Crippen molar-refractivity contribution in [1.82, 2.24) is 0 Å². The van der Waals surface area contributed by atoms with Crippen molar-refractivity contribution in [2.45, 2.75) is 5.88 Å². The van der Waals surface area contributed by atoms with E-state index in [2.05, 4.69) is 4.74 Å². The second kappa shape index (κ2) is 3.47. The Bertz CT molecular complexity index is 170. The molecule has 54 valence electrons. The van der Waals surface area contributed by atoms with Gasteiger partial charge in [-0.3, -0.25) is 0 Å². The highest BCUT2D eigenvalue weighted by molar-refractivity contribution is 6.17. The first-order chi connectivity index (χ1) is 4.86. The molecule has 1 aromatic carbocycles. The van der Waals surface area contributed by atoms with Gasteiger partial charge in [-0.2, -0.15) is 0 Å². The zero-order valence-electron chi connectivity index (χ0n) is 5.84. The van der Waals surface area contributed by atoms with Crippen molar-refractivity contribution in [3.05, 3.63) is 29.8 Å². The van der Waals surface area contributed by atoms with Gasteiger partial charge in [0.15, 0.2) is 7.11 Å². The van der Waals surface area contributed by atoms with Gasteiger partial charge in [0.2, 0.25) is 0 Å². The van der Waals surface area contributed by atoms with E-state index in [-0.39, 0.29) is 0 Å². The molecule has 0 saturated carbocycles. The third-order valence-corrected chi connectivity index (χ3v) is 1.66. The molecule has 0 bridgehead atoms. The summed E-state index contributed by atoms with van der Waals surface area (Å²) in [7, 11) is 1.77. The van der Waals surface area contributed by atoms with Gasteiger partial charge in [0.1, 0.15) is 0 Å². The van der Waals surface area contributed by atoms with E-state index in [1.54, 1.807) is 7.11 Å². The van der Waals surface area contributed by atoms with E-state index >= 15 is 0 Å². The van der Waals surface area contributed by atoms with Gasteiger partial charge in [0.05, 0.1) is 0 Å². The molecule has 10 heavy (non-hydrogen) atoms. The number of ether oxygens (including phenoxy) is 1. The number of aliphatic hydroxyl groups is 1. The van der Waals surface area contributed by atoms with Gasteiger partial charge in [-0.05, 0) is 17.7 Å². The molecule has 0 spiro atoms. The van der Waals surface area contributed by atoms with Gasteiger partial charge in [0, 0.05) is 18.0 Å². The highest BCUT2D eigenvalue weighted by Gasteiger charge is 1.93. The zero-order chi connectivity index (χ0) is 7.40. The van der Waals surface area contributed by atoms with Gasteiger partial charge < -0.3 is 4.74 Å². The Morgan fingerprint density at radius 2 is 1.90 bits per heavy atom. The van der Waals surface area contributed by atoms with Gasteiger partial charge in [-0.15, -0.1) is 11.6 Å². The number of hydrogen-bond acceptors (Lipinski definition) is 0. The summed E-state index contributed by atoms with van der Waals surface area (Å²) in [5, 5.41) is 0. The van der Waals surface area contributed by atoms with E-state index < -0.39 is 0 Å². The summed E-state index contributed by atoms with van der Waals surface area (Å²) in [5.74, 6) is 1.57. The van der Waals surface area contributed by atoms with Crippen molar-refractivity contribution < 1.29 is 4.74 Å². The summed E-state index contributed by atoms with van der Waals surface area (Å²) in [6, 6.07) is 7.88. The molecule has 0 unspecified atom stereocenters. The van der Waals surface area contributed by atoms with Crippen LogP contribution in [-0.2, 0) is 5.88 Å². The molecule has 0 aromatic heterocycles. The van der Waals surface area contributed by atoms with Crippen LogP contribution < -0.4 is 0 Å². The Morgan fingerprint density at radius 1 is 1.30 bits per heavy atom. The lowest BCUT2D eigenvalue weighted by molar-refractivity contribution is 0.136. The maximum Gasteiger partial charge on any atom is 0.254 e. The van der Waals surface area contributed by atoms with E-state index in [4.69, 9.17) is 11.6 Å². The molecule has 0 aliphatic heterocycles. The van der Waals surface area contributed by atoms with Crippen LogP contribution in [0.3, 0.4) is 0 Å². The van der Waals surface area contributed by atoms with Crippen molar-refractivity contribution in [1.29, 1.82) is 0 Å². The minimum Gasteiger partial charge on any atom is -0.585 e. The Labute approximate surface area is 65.6 Å². The molecule has 0 aliphatic rings. The fourth-order valence-corrected chi connectivity index (χ4v) is 0.912. The molecule has 1 nitrogen and oxygen atoms in total. The van der Waals surface area contributed by atoms with Gasteiger partial charge in [0.25, 0.3) is 5.75 Å². The van der Waals surface area contributed by atoms with Crippen molar-refractivity contribution in [2.24, 2.45) is 0 Å². The summed E-state index contributed by atoms with van der Waals surface area (Å²) in [6.45, 7) is 0. The first kappa shape index (κ1) is 7.42. The molecule has 0 fully saturated rings. The van der Waals surface area contributed by atoms with E-state index in [1.165, 1.54) is 0 Å². The van der Waals surface area contributed by atoms with Crippen LogP contribution in [0.5, 0.6) is 5.75 Å². The third kappa shape index (κ3) is 1.64. The number of halogens is 1. The highest BCUT2D eigenvalue weighted by atomic mass is 35.5. The minimum atomic E-state index is 0.573. The Hall–Kier alpha value is -0.690. The Kier molecular flexibility index (Phi) is 2.57. The standard InChI is InChI=1S/C8H9ClO/c1-10-8-4-2-7(6-9)3-5-8/h2-5H,6H2,1H3/p+1. The first-order valence-corrected chi connectivity index (χ1v) is 3.65. The van der Waals surface area contributed by atoms with Gasteiger partial charge >= 0.3 is 0 Å². The average Bonchev–Trinajstić information content (AvgIpc) is 2.05. The Morgan fingerprint density at radius 3 is 2.30 bits per heavy atom. The van der Waals surface area contributed by atoms with E-state index in [1.807, 2.05) is 24.3 Å². The van der Waals surface area contributed by atoms with Crippen molar-refractivity contribution in [2.75, 3.05) is 7.11 Å². The fourth-order valence-electron chi connectivity index (χ4n) is 0.734. The number of hydrogen-bond donors (Lipinski definition) is 0. The van der Waals surface area contributed by atoms with E-state index in [9.17, 15) is 0 Å². The summed E-state index contributed by atoms with van der Waals surface area (Å²) >= 11 is 5.59. The predicted molar refractivity (Wildman–Crippen MR) is 43.6 cm³/mol. The molecular formula is C8H10ClO+. The molecule has 1 aromatic rings. The average molecular weight is 158 g/mol. The second-order valence-electron chi connectivity index (χ2n) is 2.02. The quantitative estimate of drug-likeness (QED) is 0.462. The van der Waals surface area contributed by atoms with Crippen LogP contribution in [0.15, 0.2) is 24.3 Å². The summed E-state index contributed by atoms with van der Waals surface area (Å²) in [5.41, 5.74) is 1.13. The lowest BCUT2D eigenvalue weighted by Crippen LogP contribution is -1.79. The van der Waals surface area contributed by atoms with E-state index in [0.717, 1.165) is 11.3 Å². The predicted octanol–water partition coefficient (Wildman–Crippen LogP) is 2.30. The SMILES string of the molecule is C[OH+]c1ccc(CCl)cc1. The molecular weight excluding hydrogens is 148 g/mol. The molecule has 1 rings (SSSR count). The smallest absolute Gasteiger partial charge is 0.254 e. The second-order valence-corrected chi connectivity index (χ2v) is 2.29. The molecule has 0 aliphatic carbocycles. The van der Waals surface area contributed by atoms with Crippen LogP contribution in [0.4, 0.5) is 0 Å². The zero-order valence-corrected chi connectivity index (χ0v) is 6.60. The summed E-state index contributed by atoms with van der Waals surface area (Å²) in [6.07, 6.45) is 0. The van der Waals surface area contributed by atoms with Crippen LogP contribution in [0.1, 0.15) is 5.56 Å². The first-order valence-electron chi connectivity index (χ1n) is 3.11. The van der Waals surface area contributed by atoms with Crippen LogP contribution >= 0.6 is 11.6 Å². The summed E-state index contributed by atoms with van der Waals surface area (Å²) < 4.78 is 4.00. The normalized spacial score (nSPS) is 9.40. The van der Waals surface area contributed by atoms with Gasteiger partial charge in [-0.25, -0.2) is 0 Å². The number of alkyl halides is 1. The molecule has 0 radical (unpaired) electrons. The number of rotatable bonds is 2. The molecule has 0 saturated heterocycles. The largest absolute Gasteiger partial charge is 0.585 e. The monoisotopic (exact) mass is 157 g/mol. The third-order valence-electron chi connectivity index (χ3n) is 1.35. The number of aromatic hydroxyl groups is 1. The van der Waals surface area contributed by atoms with Crippen molar-refractivity contribution in [3.63, 3.8) is 0 Å². The number of benzene rings is 1. The molecule has 1 N–H and O–H groups in total. The lowest BCUT2D eigenvalue weighted by Gasteiger charge is -1.96.